The Balaban J connectivity index is 1.38. The van der Waals surface area contributed by atoms with Gasteiger partial charge in [0.1, 0.15) is 40.9 Å². The van der Waals surface area contributed by atoms with Crippen LogP contribution in [0.3, 0.4) is 0 Å². The van der Waals surface area contributed by atoms with Crippen LogP contribution < -0.4 is 24.8 Å². The molecule has 1 aromatic heterocycles. The van der Waals surface area contributed by atoms with Gasteiger partial charge in [0, 0.05) is 17.7 Å². The molecule has 4 aliphatic rings. The Morgan fingerprint density at radius 1 is 1.14 bits per heavy atom. The molecule has 1 aromatic carbocycles. The number of pyridine rings is 1. The van der Waals surface area contributed by atoms with Crippen molar-refractivity contribution in [1.29, 1.82) is 0 Å². The summed E-state index contributed by atoms with van der Waals surface area (Å²) < 4.78 is 59.5. The molecule has 7 atom stereocenters. The molecule has 14 nitrogen and oxygen atoms in total. The average Bonchev–Trinajstić information content (AvgIpc) is 4.00. The zero-order chi connectivity index (χ0) is 40.8. The van der Waals surface area contributed by atoms with Crippen LogP contribution in [0.1, 0.15) is 92.9 Å². The molecule has 0 spiro atoms. The molecule has 4 amide bonds. The summed E-state index contributed by atoms with van der Waals surface area (Å²) in [6.45, 7) is 10.6. The van der Waals surface area contributed by atoms with E-state index in [0.717, 1.165) is 6.42 Å². The van der Waals surface area contributed by atoms with Crippen LogP contribution in [0.15, 0.2) is 36.5 Å². The summed E-state index contributed by atoms with van der Waals surface area (Å²) in [7, 11) is -2.56. The minimum Gasteiger partial charge on any atom is -0.494 e. The summed E-state index contributed by atoms with van der Waals surface area (Å²) in [5, 5.41) is 6.56. The molecule has 1 saturated heterocycles. The molecule has 0 unspecified atom stereocenters. The number of alkyl carbamates (subject to hydrolysis) is 1. The summed E-state index contributed by atoms with van der Waals surface area (Å²) in [6.07, 6.45) is 7.08. The van der Waals surface area contributed by atoms with Crippen LogP contribution >= 0.6 is 0 Å². The Morgan fingerprint density at radius 2 is 1.88 bits per heavy atom. The number of methoxy groups -OCH3 is 1. The van der Waals surface area contributed by atoms with Gasteiger partial charge in [0.25, 0.3) is 5.91 Å². The summed E-state index contributed by atoms with van der Waals surface area (Å²) in [6, 6.07) is 1.80. The molecule has 3 N–H and O–H groups in total. The topological polar surface area (TPSA) is 182 Å². The van der Waals surface area contributed by atoms with E-state index in [2.05, 4.69) is 27.3 Å². The van der Waals surface area contributed by atoms with Crippen LogP contribution in [-0.2, 0) is 29.1 Å². The zero-order valence-electron chi connectivity index (χ0n) is 33.1. The molecule has 0 bridgehead atoms. The van der Waals surface area contributed by atoms with E-state index in [1.54, 1.807) is 33.8 Å². The van der Waals surface area contributed by atoms with Crippen molar-refractivity contribution in [3.63, 3.8) is 0 Å². The predicted molar refractivity (Wildman–Crippen MR) is 206 cm³/mol. The first-order valence-corrected chi connectivity index (χ1v) is 20.9. The van der Waals surface area contributed by atoms with E-state index in [1.165, 1.54) is 30.3 Å². The normalized spacial score (nSPS) is 29.8. The Bertz CT molecular complexity index is 2020. The van der Waals surface area contributed by atoms with Crippen LogP contribution in [-0.4, -0.2) is 89.8 Å². The van der Waals surface area contributed by atoms with Crippen molar-refractivity contribution in [3.8, 4) is 11.6 Å². The fourth-order valence-corrected chi connectivity index (χ4v) is 9.14. The van der Waals surface area contributed by atoms with Gasteiger partial charge in [0.05, 0.1) is 30.0 Å². The molecule has 2 aliphatic carbocycles. The molecule has 2 aliphatic heterocycles. The molecule has 306 valence electrons. The van der Waals surface area contributed by atoms with Crippen molar-refractivity contribution in [2.24, 2.45) is 17.8 Å². The highest BCUT2D eigenvalue weighted by Gasteiger charge is 2.63. The van der Waals surface area contributed by atoms with Crippen LogP contribution in [0.4, 0.5) is 9.18 Å². The smallest absolute Gasteiger partial charge is 0.408 e. The molecule has 56 heavy (non-hydrogen) atoms. The number of sulfonamides is 1. The van der Waals surface area contributed by atoms with Crippen molar-refractivity contribution in [3.05, 3.63) is 42.4 Å². The highest BCUT2D eigenvalue weighted by atomic mass is 32.2. The molecular formula is C40H54FN5O9S. The van der Waals surface area contributed by atoms with Gasteiger partial charge in [-0.15, -0.1) is 0 Å². The average molecular weight is 800 g/mol. The van der Waals surface area contributed by atoms with E-state index in [0.29, 0.717) is 48.6 Å². The highest BCUT2D eigenvalue weighted by molar-refractivity contribution is 7.91. The number of nitrogens with one attached hydrogen (secondary N) is 3. The minimum absolute atomic E-state index is 0.0526. The Labute approximate surface area is 327 Å². The first kappa shape index (κ1) is 41.2. The maximum atomic E-state index is 14.9. The number of carbonyl (C=O) groups excluding carboxylic acids is 4. The second kappa shape index (κ2) is 15.5. The molecular weight excluding hydrogens is 746 g/mol. The number of aromatic nitrogens is 1. The molecule has 0 radical (unpaired) electrons. The number of hydrogen-bond donors (Lipinski definition) is 3. The van der Waals surface area contributed by atoms with E-state index < -0.39 is 79.6 Å². The number of carbonyl (C=O) groups is 4. The second-order valence-electron chi connectivity index (χ2n) is 17.1. The predicted octanol–water partition coefficient (Wildman–Crippen LogP) is 4.90. The van der Waals surface area contributed by atoms with Gasteiger partial charge in [-0.1, -0.05) is 32.4 Å². The third-order valence-electron chi connectivity index (χ3n) is 11.6. The SMILES string of the molecule is CC[C@@H]1C[C@H](C)CC/C=C\[C@@H]2C[C@@]2(C(=O)NS(=O)(=O)C2(C)CC2)NC(=O)[C@@H]2C[C@@H](Oc3ncc(OC)c4ccc(F)cc34)CN2C(=O)[C@H]1NC(=O)OC(C)(C)C. The summed E-state index contributed by atoms with van der Waals surface area (Å²) in [5.74, 6) is -2.82. The van der Waals surface area contributed by atoms with Gasteiger partial charge in [-0.05, 0) is 96.3 Å². The third kappa shape index (κ3) is 8.59. The van der Waals surface area contributed by atoms with Gasteiger partial charge >= 0.3 is 6.09 Å². The van der Waals surface area contributed by atoms with Crippen LogP contribution in [0.2, 0.25) is 0 Å². The van der Waals surface area contributed by atoms with Gasteiger partial charge < -0.3 is 29.7 Å². The maximum Gasteiger partial charge on any atom is 0.408 e. The third-order valence-corrected chi connectivity index (χ3v) is 13.7. The summed E-state index contributed by atoms with van der Waals surface area (Å²) in [4.78, 5) is 62.4. The summed E-state index contributed by atoms with van der Waals surface area (Å²) in [5.41, 5.74) is -2.42. The van der Waals surface area contributed by atoms with Gasteiger partial charge in [-0.2, -0.15) is 0 Å². The standard InChI is InChI=1S/C40H54FN5O9S/c1-8-24-17-23(2)11-9-10-12-25-20-40(25,36(49)45-56(51,52)39(6)15-16-39)44-33(47)30-19-27(22-46(30)35(48)32(24)43-37(50)55-38(3,4)5)54-34-29-18-26(41)13-14-28(29)31(53-7)21-42-34/h10,12-14,18,21,23-25,27,30,32H,8-9,11,15-17,19-20,22H2,1-7H3,(H,43,50)(H,44,47)(H,45,49)/b12-10-/t23-,24-,25-,27-,30+,32+,40-/m1/s1. The number of hydrogen-bond acceptors (Lipinski definition) is 10. The van der Waals surface area contributed by atoms with Gasteiger partial charge in [0.15, 0.2) is 0 Å². The van der Waals surface area contributed by atoms with Gasteiger partial charge in [-0.3, -0.25) is 19.1 Å². The van der Waals surface area contributed by atoms with Crippen LogP contribution in [0.25, 0.3) is 10.8 Å². The van der Waals surface area contributed by atoms with E-state index in [1.807, 2.05) is 19.1 Å². The molecule has 6 rings (SSSR count). The zero-order valence-corrected chi connectivity index (χ0v) is 34.0. The largest absolute Gasteiger partial charge is 0.494 e. The number of fused-ring (bicyclic) bond motifs is 3. The number of halogens is 1. The number of allylic oxidation sites excluding steroid dienone is 1. The van der Waals surface area contributed by atoms with Gasteiger partial charge in [-0.25, -0.2) is 22.6 Å². The molecule has 3 heterocycles. The van der Waals surface area contributed by atoms with Crippen molar-refractivity contribution in [2.75, 3.05) is 13.7 Å². The van der Waals surface area contributed by atoms with Crippen molar-refractivity contribution in [1.82, 2.24) is 25.2 Å². The number of benzene rings is 1. The van der Waals surface area contributed by atoms with Crippen molar-refractivity contribution < 1.29 is 46.2 Å². The van der Waals surface area contributed by atoms with E-state index in [9.17, 15) is 32.0 Å². The Morgan fingerprint density at radius 3 is 2.54 bits per heavy atom. The lowest BCUT2D eigenvalue weighted by Crippen LogP contribution is -2.59. The molecule has 2 aromatic rings. The molecule has 2 saturated carbocycles. The highest BCUT2D eigenvalue weighted by Crippen LogP contribution is 2.48. The lowest BCUT2D eigenvalue weighted by Gasteiger charge is -2.34. The second-order valence-corrected chi connectivity index (χ2v) is 19.3. The quantitative estimate of drug-likeness (QED) is 0.311. The maximum absolute atomic E-state index is 14.9. The van der Waals surface area contributed by atoms with E-state index in [-0.39, 0.29) is 37.1 Å². The number of rotatable bonds is 8. The lowest BCUT2D eigenvalue weighted by atomic mass is 9.85. The Kier molecular flexibility index (Phi) is 11.4. The lowest BCUT2D eigenvalue weighted by molar-refractivity contribution is -0.142. The first-order valence-electron chi connectivity index (χ1n) is 19.4. The van der Waals surface area contributed by atoms with E-state index >= 15 is 0 Å². The Hall–Kier alpha value is -4.47. The molecule has 16 heteroatoms. The van der Waals surface area contributed by atoms with Crippen LogP contribution in [0, 0.1) is 23.6 Å². The van der Waals surface area contributed by atoms with Gasteiger partial charge in [0.2, 0.25) is 27.7 Å². The molecule has 3 fully saturated rings. The minimum atomic E-state index is -4.03. The van der Waals surface area contributed by atoms with Crippen molar-refractivity contribution in [2.45, 2.75) is 127 Å². The van der Waals surface area contributed by atoms with E-state index in [4.69, 9.17) is 14.2 Å². The fourth-order valence-electron chi connectivity index (χ4n) is 7.83. The number of nitrogens with zero attached hydrogens (tertiary/aromatic N) is 2. The van der Waals surface area contributed by atoms with Crippen LogP contribution in [0.5, 0.6) is 11.6 Å². The van der Waals surface area contributed by atoms with Crippen molar-refractivity contribution >= 4 is 44.6 Å². The number of ether oxygens (including phenoxy) is 3. The first-order chi connectivity index (χ1) is 26.3. The fraction of sp³-hybridized carbons (Fsp3) is 0.625. The summed E-state index contributed by atoms with van der Waals surface area (Å²) >= 11 is 0. The number of amides is 4. The monoisotopic (exact) mass is 799 g/mol.